The van der Waals surface area contributed by atoms with Crippen molar-refractivity contribution < 1.29 is 0 Å². The zero-order chi connectivity index (χ0) is 18.3. The van der Waals surface area contributed by atoms with Crippen LogP contribution in [0.4, 0.5) is 5.82 Å². The van der Waals surface area contributed by atoms with Crippen molar-refractivity contribution >= 4 is 16.7 Å². The summed E-state index contributed by atoms with van der Waals surface area (Å²) in [7, 11) is 3.74. The van der Waals surface area contributed by atoms with Crippen molar-refractivity contribution in [3.63, 3.8) is 0 Å². The highest BCUT2D eigenvalue weighted by atomic mass is 16.1. The van der Waals surface area contributed by atoms with Crippen molar-refractivity contribution in [1.82, 2.24) is 14.3 Å². The molecule has 0 bridgehead atoms. The molecule has 5 heteroatoms. The van der Waals surface area contributed by atoms with Gasteiger partial charge in [0.1, 0.15) is 5.52 Å². The molecule has 132 valence electrons. The molecule has 0 radical (unpaired) electrons. The molecular weight excluding hydrogens is 312 g/mol. The molecule has 0 fully saturated rings. The molecule has 1 aromatic carbocycles. The van der Waals surface area contributed by atoms with Crippen LogP contribution in [0.5, 0.6) is 0 Å². The number of rotatable bonds is 4. The second-order valence-electron chi connectivity index (χ2n) is 6.87. The third-order valence-electron chi connectivity index (χ3n) is 4.67. The molecule has 0 saturated carbocycles. The van der Waals surface area contributed by atoms with Crippen LogP contribution in [-0.4, -0.2) is 27.9 Å². The molecule has 5 nitrogen and oxygen atoms in total. The second-order valence-corrected chi connectivity index (χ2v) is 6.87. The molecule has 25 heavy (non-hydrogen) atoms. The first-order valence-electron chi connectivity index (χ1n) is 8.72. The molecule has 0 aliphatic heterocycles. The Balaban J connectivity index is 2.35. The summed E-state index contributed by atoms with van der Waals surface area (Å²) in [5.74, 6) is 0.847. The quantitative estimate of drug-likeness (QED) is 0.731. The first-order valence-corrected chi connectivity index (χ1v) is 8.72. The summed E-state index contributed by atoms with van der Waals surface area (Å²) in [5.41, 5.74) is 5.24. The van der Waals surface area contributed by atoms with Crippen LogP contribution in [0, 0.1) is 20.8 Å². The van der Waals surface area contributed by atoms with Crippen molar-refractivity contribution in [1.29, 1.82) is 0 Å². The summed E-state index contributed by atoms with van der Waals surface area (Å²) >= 11 is 0. The Kier molecular flexibility index (Phi) is 4.41. The van der Waals surface area contributed by atoms with Gasteiger partial charge in [0.2, 0.25) is 0 Å². The fourth-order valence-electron chi connectivity index (χ4n) is 3.69. The lowest BCUT2D eigenvalue weighted by molar-refractivity contribution is 0.699. The van der Waals surface area contributed by atoms with Crippen LogP contribution in [0.2, 0.25) is 0 Å². The summed E-state index contributed by atoms with van der Waals surface area (Å²) < 4.78 is 3.46. The van der Waals surface area contributed by atoms with Gasteiger partial charge in [-0.2, -0.15) is 5.10 Å². The van der Waals surface area contributed by atoms with Gasteiger partial charge >= 0.3 is 0 Å². The predicted octanol–water partition coefficient (Wildman–Crippen LogP) is 3.50. The number of benzene rings is 1. The first kappa shape index (κ1) is 17.3. The SMILES string of the molecule is CCCN(C)c1nn(C)c(=O)c2c1ccn2-c1c(C)cc(C)cc1C. The normalized spacial score (nSPS) is 11.3. The second kappa shape index (κ2) is 6.39. The van der Waals surface area contributed by atoms with Gasteiger partial charge in [0.25, 0.3) is 5.56 Å². The average molecular weight is 338 g/mol. The highest BCUT2D eigenvalue weighted by Gasteiger charge is 2.18. The van der Waals surface area contributed by atoms with Crippen molar-refractivity contribution in [2.75, 3.05) is 18.5 Å². The number of fused-ring (bicyclic) bond motifs is 1. The average Bonchev–Trinajstić information content (AvgIpc) is 2.95. The Morgan fingerprint density at radius 3 is 2.40 bits per heavy atom. The minimum absolute atomic E-state index is 0.0759. The summed E-state index contributed by atoms with van der Waals surface area (Å²) in [4.78, 5) is 15.0. The van der Waals surface area contributed by atoms with Crippen LogP contribution in [0.3, 0.4) is 0 Å². The van der Waals surface area contributed by atoms with Gasteiger partial charge in [-0.1, -0.05) is 24.6 Å². The molecule has 0 atom stereocenters. The van der Waals surface area contributed by atoms with E-state index >= 15 is 0 Å². The Morgan fingerprint density at radius 1 is 1.16 bits per heavy atom. The number of hydrogen-bond donors (Lipinski definition) is 0. The van der Waals surface area contributed by atoms with Crippen molar-refractivity contribution in [3.8, 4) is 5.69 Å². The molecule has 0 spiro atoms. The lowest BCUT2D eigenvalue weighted by Crippen LogP contribution is -2.27. The van der Waals surface area contributed by atoms with Gasteiger partial charge in [-0.15, -0.1) is 0 Å². The number of anilines is 1. The van der Waals surface area contributed by atoms with Gasteiger partial charge in [0, 0.05) is 26.8 Å². The van der Waals surface area contributed by atoms with E-state index in [1.807, 2.05) is 23.9 Å². The zero-order valence-electron chi connectivity index (χ0n) is 15.9. The summed E-state index contributed by atoms with van der Waals surface area (Å²) in [5, 5.41) is 5.40. The molecule has 0 N–H and O–H groups in total. The maximum absolute atomic E-state index is 12.9. The number of hydrogen-bond acceptors (Lipinski definition) is 3. The summed E-state index contributed by atoms with van der Waals surface area (Å²) in [6, 6.07) is 6.32. The largest absolute Gasteiger partial charge is 0.358 e. The summed E-state index contributed by atoms with van der Waals surface area (Å²) in [6.07, 6.45) is 3.01. The Labute approximate surface area is 148 Å². The molecule has 0 aliphatic rings. The molecule has 0 saturated heterocycles. The van der Waals surface area contributed by atoms with Crippen molar-refractivity contribution in [3.05, 3.63) is 51.4 Å². The van der Waals surface area contributed by atoms with Gasteiger partial charge in [0.15, 0.2) is 5.82 Å². The van der Waals surface area contributed by atoms with Gasteiger partial charge < -0.3 is 9.47 Å². The van der Waals surface area contributed by atoms with E-state index < -0.39 is 0 Å². The van der Waals surface area contributed by atoms with Crippen LogP contribution in [0.1, 0.15) is 30.0 Å². The van der Waals surface area contributed by atoms with E-state index in [-0.39, 0.29) is 5.56 Å². The highest BCUT2D eigenvalue weighted by Crippen LogP contribution is 2.28. The number of nitrogens with zero attached hydrogens (tertiary/aromatic N) is 4. The van der Waals surface area contributed by atoms with E-state index in [1.54, 1.807) is 7.05 Å². The van der Waals surface area contributed by atoms with Crippen LogP contribution < -0.4 is 10.5 Å². The maximum Gasteiger partial charge on any atom is 0.291 e. The Bertz CT molecular complexity index is 974. The van der Waals surface area contributed by atoms with E-state index in [9.17, 15) is 4.79 Å². The van der Waals surface area contributed by atoms with E-state index in [0.717, 1.165) is 41.0 Å². The van der Waals surface area contributed by atoms with E-state index in [1.165, 1.54) is 10.2 Å². The predicted molar refractivity (Wildman–Crippen MR) is 104 cm³/mol. The minimum Gasteiger partial charge on any atom is -0.358 e. The molecule has 3 aromatic rings. The van der Waals surface area contributed by atoms with Crippen molar-refractivity contribution in [2.45, 2.75) is 34.1 Å². The summed E-state index contributed by atoms with van der Waals surface area (Å²) in [6.45, 7) is 9.32. The fourth-order valence-corrected chi connectivity index (χ4v) is 3.69. The Hall–Kier alpha value is -2.56. The molecule has 0 amide bonds. The van der Waals surface area contributed by atoms with E-state index in [0.29, 0.717) is 5.52 Å². The standard InChI is InChI=1S/C20H26N4O/c1-7-9-22(5)19-16-8-10-24(18(16)20(25)23(6)21-19)17-14(3)11-13(2)12-15(17)4/h8,10-12H,7,9H2,1-6H3. The maximum atomic E-state index is 12.9. The minimum atomic E-state index is -0.0759. The van der Waals surface area contributed by atoms with E-state index in [4.69, 9.17) is 0 Å². The number of aromatic nitrogens is 3. The first-order chi connectivity index (χ1) is 11.8. The third kappa shape index (κ3) is 2.84. The molecule has 2 heterocycles. The smallest absolute Gasteiger partial charge is 0.291 e. The molecule has 3 rings (SSSR count). The molecule has 0 unspecified atom stereocenters. The monoisotopic (exact) mass is 338 g/mol. The Morgan fingerprint density at radius 2 is 1.80 bits per heavy atom. The lowest BCUT2D eigenvalue weighted by atomic mass is 10.0. The topological polar surface area (TPSA) is 43.1 Å². The van der Waals surface area contributed by atoms with Crippen molar-refractivity contribution in [2.24, 2.45) is 7.05 Å². The van der Waals surface area contributed by atoms with Gasteiger partial charge in [-0.05, 0) is 44.4 Å². The lowest BCUT2D eigenvalue weighted by Gasteiger charge is -2.19. The zero-order valence-corrected chi connectivity index (χ0v) is 15.9. The van der Waals surface area contributed by atoms with E-state index in [2.05, 4.69) is 49.8 Å². The third-order valence-corrected chi connectivity index (χ3v) is 4.67. The van der Waals surface area contributed by atoms with Crippen LogP contribution in [-0.2, 0) is 7.05 Å². The van der Waals surface area contributed by atoms with Crippen LogP contribution in [0.15, 0.2) is 29.2 Å². The number of aryl methyl sites for hydroxylation is 4. The fraction of sp³-hybridized carbons (Fsp3) is 0.400. The van der Waals surface area contributed by atoms with Gasteiger partial charge in [-0.3, -0.25) is 4.79 Å². The van der Waals surface area contributed by atoms with Crippen LogP contribution >= 0.6 is 0 Å². The highest BCUT2D eigenvalue weighted by molar-refractivity contribution is 5.91. The molecule has 0 aliphatic carbocycles. The van der Waals surface area contributed by atoms with Gasteiger partial charge in [-0.25, -0.2) is 4.68 Å². The molecular formula is C20H26N4O. The van der Waals surface area contributed by atoms with Gasteiger partial charge in [0.05, 0.1) is 11.1 Å². The van der Waals surface area contributed by atoms with Crippen LogP contribution in [0.25, 0.3) is 16.6 Å². The molecule has 2 aromatic heterocycles.